The lowest BCUT2D eigenvalue weighted by atomic mass is 10.1. The summed E-state index contributed by atoms with van der Waals surface area (Å²) in [5.41, 5.74) is 2.29. The number of rotatable bonds is 2. The summed E-state index contributed by atoms with van der Waals surface area (Å²) in [5.74, 6) is 0.871. The van der Waals surface area contributed by atoms with Crippen molar-refractivity contribution < 1.29 is 4.74 Å². The highest BCUT2D eigenvalue weighted by Gasteiger charge is 2.04. The number of hydrogen-bond acceptors (Lipinski definition) is 1. The Morgan fingerprint density at radius 1 is 1.12 bits per heavy atom. The molecule has 0 aliphatic carbocycles. The maximum atomic E-state index is 5.98. The normalized spacial score (nSPS) is 10.2. The average molecular weight is 345 g/mol. The smallest absolute Gasteiger partial charge is 0.119 e. The van der Waals surface area contributed by atoms with Gasteiger partial charge in [0.25, 0.3) is 0 Å². The van der Waals surface area contributed by atoms with Crippen LogP contribution in [0.3, 0.4) is 0 Å². The van der Waals surface area contributed by atoms with E-state index in [9.17, 15) is 0 Å². The van der Waals surface area contributed by atoms with Gasteiger partial charge in [-0.15, -0.1) is 0 Å². The summed E-state index contributed by atoms with van der Waals surface area (Å²) >= 11 is 8.28. The molecule has 16 heavy (non-hydrogen) atoms. The fourth-order valence-corrected chi connectivity index (χ4v) is 2.50. The van der Waals surface area contributed by atoms with E-state index >= 15 is 0 Å². The summed E-state index contributed by atoms with van der Waals surface area (Å²) in [4.78, 5) is 0. The summed E-state index contributed by atoms with van der Waals surface area (Å²) in [5, 5.41) is 0.754. The SMILES string of the molecule is COc1ccc(-c2cccc(Cl)c2)c(I)c1. The van der Waals surface area contributed by atoms with Gasteiger partial charge in [-0.25, -0.2) is 0 Å². The molecule has 82 valence electrons. The molecule has 0 radical (unpaired) electrons. The molecule has 0 bridgehead atoms. The van der Waals surface area contributed by atoms with Crippen LogP contribution in [-0.2, 0) is 0 Å². The molecule has 0 aliphatic heterocycles. The predicted molar refractivity (Wildman–Crippen MR) is 76.2 cm³/mol. The van der Waals surface area contributed by atoms with Gasteiger partial charge in [0.1, 0.15) is 5.75 Å². The molecule has 0 atom stereocenters. The van der Waals surface area contributed by atoms with Crippen LogP contribution in [-0.4, -0.2) is 7.11 Å². The molecule has 0 amide bonds. The van der Waals surface area contributed by atoms with Crippen molar-refractivity contribution in [2.45, 2.75) is 0 Å². The summed E-state index contributed by atoms with van der Waals surface area (Å²) in [6, 6.07) is 13.9. The second-order valence-electron chi connectivity index (χ2n) is 3.36. The first-order valence-electron chi connectivity index (χ1n) is 4.80. The second kappa shape index (κ2) is 5.06. The van der Waals surface area contributed by atoms with Gasteiger partial charge < -0.3 is 4.74 Å². The Hall–Kier alpha value is -0.740. The van der Waals surface area contributed by atoms with Crippen LogP contribution in [0.2, 0.25) is 5.02 Å². The third-order valence-corrected chi connectivity index (χ3v) is 3.44. The molecule has 0 aromatic heterocycles. The Labute approximate surface area is 114 Å². The highest BCUT2D eigenvalue weighted by Crippen LogP contribution is 2.29. The minimum Gasteiger partial charge on any atom is -0.497 e. The van der Waals surface area contributed by atoms with Crippen molar-refractivity contribution >= 4 is 34.2 Å². The zero-order chi connectivity index (χ0) is 11.5. The fourth-order valence-electron chi connectivity index (χ4n) is 1.51. The molecule has 1 nitrogen and oxygen atoms in total. The van der Waals surface area contributed by atoms with Crippen molar-refractivity contribution in [3.8, 4) is 16.9 Å². The van der Waals surface area contributed by atoms with Crippen LogP contribution in [0.5, 0.6) is 5.75 Å². The first kappa shape index (κ1) is 11.7. The van der Waals surface area contributed by atoms with Gasteiger partial charge in [-0.1, -0.05) is 23.7 Å². The second-order valence-corrected chi connectivity index (χ2v) is 4.95. The molecule has 0 saturated carbocycles. The maximum Gasteiger partial charge on any atom is 0.119 e. The van der Waals surface area contributed by atoms with E-state index in [-0.39, 0.29) is 0 Å². The molecule has 2 rings (SSSR count). The zero-order valence-corrected chi connectivity index (χ0v) is 11.6. The largest absolute Gasteiger partial charge is 0.497 e. The van der Waals surface area contributed by atoms with Crippen molar-refractivity contribution in [2.24, 2.45) is 0 Å². The molecule has 2 aromatic carbocycles. The molecule has 2 aromatic rings. The maximum absolute atomic E-state index is 5.98. The van der Waals surface area contributed by atoms with Crippen LogP contribution < -0.4 is 4.74 Å². The van der Waals surface area contributed by atoms with E-state index < -0.39 is 0 Å². The number of methoxy groups -OCH3 is 1. The molecule has 0 aliphatic rings. The van der Waals surface area contributed by atoms with Gasteiger partial charge in [0.15, 0.2) is 0 Å². The van der Waals surface area contributed by atoms with Crippen LogP contribution >= 0.6 is 34.2 Å². The number of benzene rings is 2. The van der Waals surface area contributed by atoms with Crippen LogP contribution in [0.4, 0.5) is 0 Å². The zero-order valence-electron chi connectivity index (χ0n) is 8.71. The molecule has 0 heterocycles. The van der Waals surface area contributed by atoms with Crippen LogP contribution in [0.1, 0.15) is 0 Å². The summed E-state index contributed by atoms with van der Waals surface area (Å²) in [7, 11) is 1.67. The highest BCUT2D eigenvalue weighted by molar-refractivity contribution is 14.1. The predicted octanol–water partition coefficient (Wildman–Crippen LogP) is 4.62. The van der Waals surface area contributed by atoms with Gasteiger partial charge in [-0.2, -0.15) is 0 Å². The fraction of sp³-hybridized carbons (Fsp3) is 0.0769. The van der Waals surface area contributed by atoms with Crippen molar-refractivity contribution in [1.82, 2.24) is 0 Å². The van der Waals surface area contributed by atoms with E-state index in [1.165, 1.54) is 5.56 Å². The Kier molecular flexibility index (Phi) is 3.71. The Bertz CT molecular complexity index is 511. The molecular formula is C13H10ClIO. The van der Waals surface area contributed by atoms with Gasteiger partial charge in [0.2, 0.25) is 0 Å². The first-order chi connectivity index (χ1) is 7.70. The highest BCUT2D eigenvalue weighted by atomic mass is 127. The summed E-state index contributed by atoms with van der Waals surface area (Å²) < 4.78 is 6.33. The van der Waals surface area contributed by atoms with E-state index in [1.54, 1.807) is 7.11 Å². The van der Waals surface area contributed by atoms with Gasteiger partial charge in [0.05, 0.1) is 7.11 Å². The topological polar surface area (TPSA) is 9.23 Å². The van der Waals surface area contributed by atoms with Crippen molar-refractivity contribution in [1.29, 1.82) is 0 Å². The Morgan fingerprint density at radius 3 is 2.56 bits per heavy atom. The standard InChI is InChI=1S/C13H10ClIO/c1-16-11-5-6-12(13(15)8-11)9-3-2-4-10(14)7-9/h2-8H,1H3. The van der Waals surface area contributed by atoms with E-state index in [0.29, 0.717) is 0 Å². The van der Waals surface area contributed by atoms with Crippen LogP contribution in [0.15, 0.2) is 42.5 Å². The molecule has 0 N–H and O–H groups in total. The van der Waals surface area contributed by atoms with Gasteiger partial charge in [-0.3, -0.25) is 0 Å². The van der Waals surface area contributed by atoms with E-state index in [2.05, 4.69) is 28.7 Å². The molecular weight excluding hydrogens is 334 g/mol. The van der Waals surface area contributed by atoms with Gasteiger partial charge in [0, 0.05) is 8.59 Å². The lowest BCUT2D eigenvalue weighted by Gasteiger charge is -2.07. The number of ether oxygens (including phenoxy) is 1. The molecule has 0 spiro atoms. The van der Waals surface area contributed by atoms with Crippen molar-refractivity contribution in [2.75, 3.05) is 7.11 Å². The molecule has 0 unspecified atom stereocenters. The average Bonchev–Trinajstić information content (AvgIpc) is 2.28. The van der Waals surface area contributed by atoms with Gasteiger partial charge in [-0.05, 0) is 64.0 Å². The summed E-state index contributed by atoms with van der Waals surface area (Å²) in [6.07, 6.45) is 0. The van der Waals surface area contributed by atoms with E-state index in [1.807, 2.05) is 36.4 Å². The van der Waals surface area contributed by atoms with Crippen LogP contribution in [0, 0.1) is 3.57 Å². The van der Waals surface area contributed by atoms with Crippen LogP contribution in [0.25, 0.3) is 11.1 Å². The van der Waals surface area contributed by atoms with Crippen molar-refractivity contribution in [3.63, 3.8) is 0 Å². The minimum atomic E-state index is 0.754. The summed E-state index contributed by atoms with van der Waals surface area (Å²) in [6.45, 7) is 0. The lowest BCUT2D eigenvalue weighted by Crippen LogP contribution is -1.87. The Balaban J connectivity index is 2.48. The quantitative estimate of drug-likeness (QED) is 0.722. The van der Waals surface area contributed by atoms with E-state index in [0.717, 1.165) is 19.9 Å². The van der Waals surface area contributed by atoms with Crippen molar-refractivity contribution in [3.05, 3.63) is 51.1 Å². The lowest BCUT2D eigenvalue weighted by molar-refractivity contribution is 0.414. The monoisotopic (exact) mass is 344 g/mol. The van der Waals surface area contributed by atoms with Gasteiger partial charge >= 0.3 is 0 Å². The Morgan fingerprint density at radius 2 is 1.94 bits per heavy atom. The van der Waals surface area contributed by atoms with E-state index in [4.69, 9.17) is 16.3 Å². The molecule has 3 heteroatoms. The third kappa shape index (κ3) is 2.50. The number of halogens is 2. The first-order valence-corrected chi connectivity index (χ1v) is 6.26. The molecule has 0 saturated heterocycles. The minimum absolute atomic E-state index is 0.754. The third-order valence-electron chi connectivity index (χ3n) is 2.31. The number of hydrogen-bond donors (Lipinski definition) is 0. The molecule has 0 fully saturated rings.